The maximum Gasteiger partial charge on any atom is 0.311 e. The molecule has 2 heterocycles. The lowest BCUT2D eigenvalue weighted by Gasteiger charge is -2.29. The molecule has 102 valence electrons. The molecule has 1 unspecified atom stereocenters. The van der Waals surface area contributed by atoms with Crippen molar-refractivity contribution in [3.8, 4) is 5.75 Å². The zero-order chi connectivity index (χ0) is 13.4. The van der Waals surface area contributed by atoms with Gasteiger partial charge in [-0.2, -0.15) is 0 Å². The average Bonchev–Trinajstić information content (AvgIpc) is 2.59. The second kappa shape index (κ2) is 4.76. The number of anilines is 1. The molecular weight excluding hydrogens is 242 g/mol. The summed E-state index contributed by atoms with van der Waals surface area (Å²) >= 11 is 0. The third-order valence-corrected chi connectivity index (χ3v) is 4.13. The molecule has 1 atom stereocenters. The zero-order valence-electron chi connectivity index (χ0n) is 11.2. The van der Waals surface area contributed by atoms with E-state index in [1.165, 1.54) is 11.3 Å². The van der Waals surface area contributed by atoms with Gasteiger partial charge < -0.3 is 14.7 Å². The van der Waals surface area contributed by atoms with Crippen molar-refractivity contribution in [2.45, 2.75) is 31.6 Å². The molecule has 1 aromatic rings. The SMILES string of the molecule is CN1CCCc2cc3c(cc21)OCCCC3C(=O)O. The molecule has 2 aliphatic rings. The Morgan fingerprint density at radius 3 is 3.05 bits per heavy atom. The number of nitrogens with zero attached hydrogens (tertiary/aromatic N) is 1. The highest BCUT2D eigenvalue weighted by Crippen LogP contribution is 2.39. The Bertz CT molecular complexity index is 512. The van der Waals surface area contributed by atoms with E-state index in [1.54, 1.807) is 0 Å². The van der Waals surface area contributed by atoms with Crippen molar-refractivity contribution in [3.63, 3.8) is 0 Å². The molecule has 19 heavy (non-hydrogen) atoms. The highest BCUT2D eigenvalue weighted by Gasteiger charge is 2.28. The largest absolute Gasteiger partial charge is 0.493 e. The lowest BCUT2D eigenvalue weighted by atomic mass is 9.90. The number of aryl methyl sites for hydroxylation is 1. The van der Waals surface area contributed by atoms with E-state index in [-0.39, 0.29) is 0 Å². The molecule has 3 rings (SSSR count). The van der Waals surface area contributed by atoms with Gasteiger partial charge in [-0.05, 0) is 37.3 Å². The number of rotatable bonds is 1. The summed E-state index contributed by atoms with van der Waals surface area (Å²) in [6.07, 6.45) is 3.61. The van der Waals surface area contributed by atoms with E-state index >= 15 is 0 Å². The number of carbonyl (C=O) groups is 1. The first kappa shape index (κ1) is 12.3. The first-order valence-electron chi connectivity index (χ1n) is 6.90. The fourth-order valence-corrected chi connectivity index (χ4v) is 3.09. The van der Waals surface area contributed by atoms with Crippen molar-refractivity contribution in [3.05, 3.63) is 23.3 Å². The molecule has 1 N–H and O–H groups in total. The molecule has 0 radical (unpaired) electrons. The van der Waals surface area contributed by atoms with E-state index in [4.69, 9.17) is 4.74 Å². The van der Waals surface area contributed by atoms with Crippen LogP contribution in [-0.4, -0.2) is 31.3 Å². The molecule has 0 spiro atoms. The fraction of sp³-hybridized carbons (Fsp3) is 0.533. The average molecular weight is 261 g/mol. The third kappa shape index (κ3) is 2.15. The highest BCUT2D eigenvalue weighted by atomic mass is 16.5. The Morgan fingerprint density at radius 2 is 2.26 bits per heavy atom. The van der Waals surface area contributed by atoms with Gasteiger partial charge in [-0.1, -0.05) is 0 Å². The van der Waals surface area contributed by atoms with Crippen LogP contribution >= 0.6 is 0 Å². The predicted octanol–water partition coefficient (Wildman–Crippen LogP) is 2.41. The third-order valence-electron chi connectivity index (χ3n) is 4.13. The van der Waals surface area contributed by atoms with E-state index < -0.39 is 11.9 Å². The summed E-state index contributed by atoms with van der Waals surface area (Å²) in [6, 6.07) is 4.09. The second-order valence-corrected chi connectivity index (χ2v) is 5.43. The molecule has 4 heteroatoms. The number of fused-ring (bicyclic) bond motifs is 2. The first-order valence-corrected chi connectivity index (χ1v) is 6.90. The molecule has 0 fully saturated rings. The normalized spacial score (nSPS) is 21.9. The molecule has 0 aliphatic carbocycles. The Hall–Kier alpha value is -1.71. The minimum atomic E-state index is -0.740. The fourth-order valence-electron chi connectivity index (χ4n) is 3.09. The van der Waals surface area contributed by atoms with Crippen LogP contribution < -0.4 is 9.64 Å². The molecular formula is C15H19NO3. The maximum absolute atomic E-state index is 11.4. The number of hydrogen-bond acceptors (Lipinski definition) is 3. The summed E-state index contributed by atoms with van der Waals surface area (Å²) in [4.78, 5) is 13.7. The van der Waals surface area contributed by atoms with Crippen molar-refractivity contribution in [1.82, 2.24) is 0 Å². The molecule has 0 amide bonds. The Morgan fingerprint density at radius 1 is 1.42 bits per heavy atom. The number of carboxylic acid groups (broad SMARTS) is 1. The van der Waals surface area contributed by atoms with Crippen LogP contribution in [0.3, 0.4) is 0 Å². The summed E-state index contributed by atoms with van der Waals surface area (Å²) in [5, 5.41) is 9.40. The van der Waals surface area contributed by atoms with Gasteiger partial charge in [-0.3, -0.25) is 4.79 Å². The van der Waals surface area contributed by atoms with Crippen molar-refractivity contribution in [2.24, 2.45) is 0 Å². The topological polar surface area (TPSA) is 49.8 Å². The van der Waals surface area contributed by atoms with Gasteiger partial charge in [0.15, 0.2) is 0 Å². The van der Waals surface area contributed by atoms with Crippen molar-refractivity contribution >= 4 is 11.7 Å². The van der Waals surface area contributed by atoms with Crippen LogP contribution in [0.1, 0.15) is 36.3 Å². The minimum Gasteiger partial charge on any atom is -0.493 e. The molecule has 0 aromatic heterocycles. The van der Waals surface area contributed by atoms with Gasteiger partial charge in [-0.15, -0.1) is 0 Å². The summed E-state index contributed by atoms with van der Waals surface area (Å²) in [6.45, 7) is 1.66. The summed E-state index contributed by atoms with van der Waals surface area (Å²) < 4.78 is 5.75. The van der Waals surface area contributed by atoms with Crippen LogP contribution in [0.2, 0.25) is 0 Å². The van der Waals surface area contributed by atoms with Gasteiger partial charge >= 0.3 is 5.97 Å². The van der Waals surface area contributed by atoms with E-state index in [0.29, 0.717) is 13.0 Å². The standard InChI is InChI=1S/C15H19NO3/c1-16-6-2-4-10-8-12-11(15(17)18)5-3-7-19-14(12)9-13(10)16/h8-9,11H,2-7H2,1H3,(H,17,18). The van der Waals surface area contributed by atoms with Gasteiger partial charge in [-0.25, -0.2) is 0 Å². The van der Waals surface area contributed by atoms with Gasteiger partial charge in [0.2, 0.25) is 0 Å². The molecule has 0 saturated carbocycles. The molecule has 0 bridgehead atoms. The van der Waals surface area contributed by atoms with Gasteiger partial charge in [0, 0.05) is 30.9 Å². The summed E-state index contributed by atoms with van der Waals surface area (Å²) in [7, 11) is 2.08. The van der Waals surface area contributed by atoms with Gasteiger partial charge in [0.25, 0.3) is 0 Å². The summed E-state index contributed by atoms with van der Waals surface area (Å²) in [5.74, 6) is -0.400. The Kier molecular flexibility index (Phi) is 3.09. The maximum atomic E-state index is 11.4. The first-order chi connectivity index (χ1) is 9.16. The lowest BCUT2D eigenvalue weighted by Crippen LogP contribution is -2.25. The summed E-state index contributed by atoms with van der Waals surface area (Å²) in [5.41, 5.74) is 3.30. The van der Waals surface area contributed by atoms with Crippen molar-refractivity contribution < 1.29 is 14.6 Å². The number of hydrogen-bond donors (Lipinski definition) is 1. The van der Waals surface area contributed by atoms with Crippen LogP contribution in [0.5, 0.6) is 5.75 Å². The number of aliphatic carboxylic acids is 1. The van der Waals surface area contributed by atoms with E-state index in [9.17, 15) is 9.90 Å². The molecule has 4 nitrogen and oxygen atoms in total. The van der Waals surface area contributed by atoms with Gasteiger partial charge in [0.1, 0.15) is 5.75 Å². The van der Waals surface area contributed by atoms with Crippen LogP contribution in [-0.2, 0) is 11.2 Å². The Balaban J connectivity index is 2.10. The smallest absolute Gasteiger partial charge is 0.311 e. The quantitative estimate of drug-likeness (QED) is 0.843. The number of benzene rings is 1. The van der Waals surface area contributed by atoms with Crippen LogP contribution in [0.15, 0.2) is 12.1 Å². The van der Waals surface area contributed by atoms with E-state index in [2.05, 4.69) is 18.0 Å². The Labute approximate surface area is 113 Å². The molecule has 1 aromatic carbocycles. The van der Waals surface area contributed by atoms with Crippen LogP contribution in [0, 0.1) is 0 Å². The molecule has 0 saturated heterocycles. The van der Waals surface area contributed by atoms with Crippen molar-refractivity contribution in [1.29, 1.82) is 0 Å². The highest BCUT2D eigenvalue weighted by molar-refractivity contribution is 5.78. The molecule has 2 aliphatic heterocycles. The minimum absolute atomic E-state index is 0.421. The van der Waals surface area contributed by atoms with Gasteiger partial charge in [0.05, 0.1) is 12.5 Å². The van der Waals surface area contributed by atoms with E-state index in [1.807, 2.05) is 6.07 Å². The number of ether oxygens (including phenoxy) is 1. The predicted molar refractivity (Wildman–Crippen MR) is 73.1 cm³/mol. The second-order valence-electron chi connectivity index (χ2n) is 5.43. The monoisotopic (exact) mass is 261 g/mol. The van der Waals surface area contributed by atoms with Crippen molar-refractivity contribution in [2.75, 3.05) is 25.1 Å². The number of carboxylic acids is 1. The van der Waals surface area contributed by atoms with Crippen LogP contribution in [0.25, 0.3) is 0 Å². The van der Waals surface area contributed by atoms with E-state index in [0.717, 1.165) is 37.1 Å². The van der Waals surface area contributed by atoms with Crippen LogP contribution in [0.4, 0.5) is 5.69 Å². The lowest BCUT2D eigenvalue weighted by molar-refractivity contribution is -0.138. The zero-order valence-corrected chi connectivity index (χ0v) is 11.2.